The van der Waals surface area contributed by atoms with E-state index < -0.39 is 4.92 Å². The number of nitro benzene ring substituents is 1. The lowest BCUT2D eigenvalue weighted by Crippen LogP contribution is -2.42. The Morgan fingerprint density at radius 2 is 1.96 bits per heavy atom. The predicted molar refractivity (Wildman–Crippen MR) is 93.9 cm³/mol. The van der Waals surface area contributed by atoms with Crippen LogP contribution in [-0.4, -0.2) is 29.0 Å². The summed E-state index contributed by atoms with van der Waals surface area (Å²) in [5.41, 5.74) is 0.716. The maximum atomic E-state index is 12.3. The van der Waals surface area contributed by atoms with E-state index in [0.29, 0.717) is 23.4 Å². The summed E-state index contributed by atoms with van der Waals surface area (Å²) in [6, 6.07) is 10.4. The number of hydrogen-bond acceptors (Lipinski definition) is 5. The largest absolute Gasteiger partial charge is 0.451 e. The lowest BCUT2D eigenvalue weighted by atomic mass is 9.95. The Bertz CT molecular complexity index is 789. The zero-order valence-corrected chi connectivity index (χ0v) is 14.1. The monoisotopic (exact) mass is 363 g/mol. The van der Waals surface area contributed by atoms with Crippen LogP contribution in [0.5, 0.6) is 0 Å². The highest BCUT2D eigenvalue weighted by Crippen LogP contribution is 2.29. The number of rotatable bonds is 4. The molecule has 0 saturated carbocycles. The molecular formula is C17H18ClN3O4. The summed E-state index contributed by atoms with van der Waals surface area (Å²) in [6.07, 6.45) is 3.25. The van der Waals surface area contributed by atoms with Gasteiger partial charge in [0.2, 0.25) is 0 Å². The van der Waals surface area contributed by atoms with Crippen molar-refractivity contribution in [3.05, 3.63) is 52.3 Å². The predicted octanol–water partition coefficient (Wildman–Crippen LogP) is 2.90. The normalized spacial score (nSPS) is 23.9. The van der Waals surface area contributed by atoms with Gasteiger partial charge in [0, 0.05) is 35.8 Å². The van der Waals surface area contributed by atoms with E-state index in [1.54, 1.807) is 24.3 Å². The van der Waals surface area contributed by atoms with Gasteiger partial charge in [-0.25, -0.2) is 0 Å². The third kappa shape index (κ3) is 3.38. The number of fused-ring (bicyclic) bond motifs is 2. The first-order chi connectivity index (χ1) is 11.6. The van der Waals surface area contributed by atoms with Crippen LogP contribution >= 0.6 is 12.4 Å². The molecule has 1 aromatic carbocycles. The number of non-ortho nitro benzene ring substituents is 1. The van der Waals surface area contributed by atoms with Gasteiger partial charge in [-0.2, -0.15) is 0 Å². The molecule has 2 saturated heterocycles. The standard InChI is InChI=1S/C17H17N3O4.ClH/c21-17(19-14-9-11-3-6-13(14)18-11)16-8-7-15(24-16)10-1-4-12(5-2-10)20(22)23;/h1-2,4-5,7-8,11,13-14,18H,3,6,9H2,(H,19,21);1H/t11?,13?,14-;/m1./s1. The number of carbonyl (C=O) groups excluding carboxylic acids is 1. The summed E-state index contributed by atoms with van der Waals surface area (Å²) >= 11 is 0. The van der Waals surface area contributed by atoms with Crippen molar-refractivity contribution in [1.82, 2.24) is 10.6 Å². The fourth-order valence-corrected chi connectivity index (χ4v) is 3.59. The van der Waals surface area contributed by atoms with E-state index in [9.17, 15) is 14.9 Å². The number of halogens is 1. The van der Waals surface area contributed by atoms with Crippen molar-refractivity contribution >= 4 is 24.0 Å². The first-order valence-electron chi connectivity index (χ1n) is 8.02. The van der Waals surface area contributed by atoms with Gasteiger partial charge in [-0.05, 0) is 43.5 Å². The molecule has 2 aliphatic rings. The molecule has 2 aromatic rings. The fourth-order valence-electron chi connectivity index (χ4n) is 3.59. The molecule has 2 fully saturated rings. The van der Waals surface area contributed by atoms with Crippen LogP contribution in [0.2, 0.25) is 0 Å². The van der Waals surface area contributed by atoms with Gasteiger partial charge in [-0.15, -0.1) is 12.4 Å². The van der Waals surface area contributed by atoms with Crippen molar-refractivity contribution in [3.63, 3.8) is 0 Å². The van der Waals surface area contributed by atoms with Crippen LogP contribution < -0.4 is 10.6 Å². The van der Waals surface area contributed by atoms with Gasteiger partial charge < -0.3 is 15.1 Å². The minimum atomic E-state index is -0.450. The molecule has 8 heteroatoms. The lowest BCUT2D eigenvalue weighted by molar-refractivity contribution is -0.384. The second-order valence-electron chi connectivity index (χ2n) is 6.33. The van der Waals surface area contributed by atoms with Crippen molar-refractivity contribution in [2.24, 2.45) is 0 Å². The van der Waals surface area contributed by atoms with Gasteiger partial charge in [-0.3, -0.25) is 14.9 Å². The van der Waals surface area contributed by atoms with E-state index in [1.165, 1.54) is 18.6 Å². The molecule has 1 amide bonds. The Labute approximate surface area is 150 Å². The number of benzene rings is 1. The molecule has 0 aliphatic carbocycles. The molecule has 25 heavy (non-hydrogen) atoms. The van der Waals surface area contributed by atoms with Crippen LogP contribution in [-0.2, 0) is 0 Å². The quantitative estimate of drug-likeness (QED) is 0.643. The van der Waals surface area contributed by atoms with E-state index in [1.807, 2.05) is 0 Å². The Kier molecular flexibility index (Phi) is 4.78. The van der Waals surface area contributed by atoms with Crippen LogP contribution in [0.3, 0.4) is 0 Å². The fraction of sp³-hybridized carbons (Fsp3) is 0.353. The van der Waals surface area contributed by atoms with Crippen LogP contribution in [0, 0.1) is 10.1 Å². The molecular weight excluding hydrogens is 346 g/mol. The highest BCUT2D eigenvalue weighted by molar-refractivity contribution is 5.92. The van der Waals surface area contributed by atoms with Crippen molar-refractivity contribution in [1.29, 1.82) is 0 Å². The average Bonchev–Trinajstić information content (AvgIpc) is 3.31. The minimum absolute atomic E-state index is 0. The molecule has 132 valence electrons. The summed E-state index contributed by atoms with van der Waals surface area (Å²) in [7, 11) is 0. The van der Waals surface area contributed by atoms with Gasteiger partial charge in [0.05, 0.1) is 4.92 Å². The molecule has 2 N–H and O–H groups in total. The number of hydrogen-bond donors (Lipinski definition) is 2. The van der Waals surface area contributed by atoms with Crippen molar-refractivity contribution in [2.75, 3.05) is 0 Å². The Balaban J connectivity index is 0.00000182. The average molecular weight is 364 g/mol. The van der Waals surface area contributed by atoms with E-state index in [0.717, 1.165) is 12.8 Å². The number of furan rings is 1. The van der Waals surface area contributed by atoms with Crippen molar-refractivity contribution < 1.29 is 14.1 Å². The van der Waals surface area contributed by atoms with Gasteiger partial charge >= 0.3 is 0 Å². The number of nitro groups is 1. The second kappa shape index (κ2) is 6.85. The summed E-state index contributed by atoms with van der Waals surface area (Å²) in [4.78, 5) is 22.6. The molecule has 3 heterocycles. The van der Waals surface area contributed by atoms with E-state index in [2.05, 4.69) is 10.6 Å². The molecule has 2 unspecified atom stereocenters. The summed E-state index contributed by atoms with van der Waals surface area (Å²) < 4.78 is 5.62. The Morgan fingerprint density at radius 3 is 2.56 bits per heavy atom. The summed E-state index contributed by atoms with van der Waals surface area (Å²) in [5.74, 6) is 0.551. The third-order valence-electron chi connectivity index (χ3n) is 4.81. The number of amides is 1. The zero-order chi connectivity index (χ0) is 16.7. The lowest BCUT2D eigenvalue weighted by Gasteiger charge is -2.20. The zero-order valence-electron chi connectivity index (χ0n) is 13.3. The molecule has 1 aromatic heterocycles. The van der Waals surface area contributed by atoms with Crippen LogP contribution in [0.4, 0.5) is 5.69 Å². The minimum Gasteiger partial charge on any atom is -0.451 e. The van der Waals surface area contributed by atoms with Crippen LogP contribution in [0.1, 0.15) is 29.8 Å². The summed E-state index contributed by atoms with van der Waals surface area (Å²) in [5, 5.41) is 17.2. The maximum Gasteiger partial charge on any atom is 0.287 e. The Hall–Kier alpha value is -2.38. The van der Waals surface area contributed by atoms with Gasteiger partial charge in [0.15, 0.2) is 5.76 Å². The first kappa shape index (κ1) is 17.4. The topological polar surface area (TPSA) is 97.4 Å². The smallest absolute Gasteiger partial charge is 0.287 e. The highest BCUT2D eigenvalue weighted by Gasteiger charge is 2.39. The third-order valence-corrected chi connectivity index (χ3v) is 4.81. The molecule has 2 aliphatic heterocycles. The first-order valence-corrected chi connectivity index (χ1v) is 8.02. The molecule has 4 rings (SSSR count). The van der Waals surface area contributed by atoms with Gasteiger partial charge in [0.25, 0.3) is 11.6 Å². The molecule has 2 bridgehead atoms. The second-order valence-corrected chi connectivity index (χ2v) is 6.33. The van der Waals surface area contributed by atoms with Crippen molar-refractivity contribution in [3.8, 4) is 11.3 Å². The highest BCUT2D eigenvalue weighted by atomic mass is 35.5. The van der Waals surface area contributed by atoms with Gasteiger partial charge in [0.1, 0.15) is 5.76 Å². The van der Waals surface area contributed by atoms with Crippen molar-refractivity contribution in [2.45, 2.75) is 37.4 Å². The van der Waals surface area contributed by atoms with Gasteiger partial charge in [-0.1, -0.05) is 0 Å². The van der Waals surface area contributed by atoms with Crippen LogP contribution in [0.25, 0.3) is 11.3 Å². The Morgan fingerprint density at radius 1 is 1.20 bits per heavy atom. The maximum absolute atomic E-state index is 12.3. The molecule has 0 spiro atoms. The summed E-state index contributed by atoms with van der Waals surface area (Å²) in [6.45, 7) is 0. The molecule has 3 atom stereocenters. The SMILES string of the molecule is Cl.O=C(N[C@@H]1CC2CCC1N2)c1ccc(-c2ccc([N+](=O)[O-])cc2)o1. The number of carbonyl (C=O) groups is 1. The van der Waals surface area contributed by atoms with E-state index >= 15 is 0 Å². The van der Waals surface area contributed by atoms with E-state index in [-0.39, 0.29) is 35.8 Å². The van der Waals surface area contributed by atoms with Crippen LogP contribution in [0.15, 0.2) is 40.8 Å². The number of nitrogens with zero attached hydrogens (tertiary/aromatic N) is 1. The van der Waals surface area contributed by atoms with E-state index in [4.69, 9.17) is 4.42 Å². The number of nitrogens with one attached hydrogen (secondary N) is 2. The molecule has 7 nitrogen and oxygen atoms in total. The molecule has 0 radical (unpaired) electrons.